The van der Waals surface area contributed by atoms with Crippen molar-refractivity contribution in [1.29, 1.82) is 0 Å². The van der Waals surface area contributed by atoms with E-state index in [0.29, 0.717) is 13.1 Å². The highest BCUT2D eigenvalue weighted by molar-refractivity contribution is 5.99. The molecule has 1 unspecified atom stereocenters. The maximum atomic E-state index is 14.0. The van der Waals surface area contributed by atoms with E-state index in [0.717, 1.165) is 25.7 Å². The van der Waals surface area contributed by atoms with Gasteiger partial charge in [0.15, 0.2) is 0 Å². The summed E-state index contributed by atoms with van der Waals surface area (Å²) in [6.45, 7) is 6.99. The second-order valence-electron chi connectivity index (χ2n) is 9.67. The summed E-state index contributed by atoms with van der Waals surface area (Å²) >= 11 is 0. The Balaban J connectivity index is 1.80. The number of hydrogen-bond donors (Lipinski definition) is 1. The van der Waals surface area contributed by atoms with E-state index < -0.39 is 41.6 Å². The number of hydrogen-bond acceptors (Lipinski definition) is 6. The Morgan fingerprint density at radius 3 is 2.67 bits per heavy atom. The van der Waals surface area contributed by atoms with Gasteiger partial charge in [0, 0.05) is 13.1 Å². The van der Waals surface area contributed by atoms with Crippen molar-refractivity contribution in [3.63, 3.8) is 0 Å². The number of aliphatic hydroxyl groups excluding tert-OH is 1. The predicted octanol–water partition coefficient (Wildman–Crippen LogP) is 1.68. The molecule has 8 nitrogen and oxygen atoms in total. The van der Waals surface area contributed by atoms with Crippen LogP contribution in [0.15, 0.2) is 24.3 Å². The highest BCUT2D eigenvalue weighted by atomic mass is 16.6. The number of fused-ring (bicyclic) bond motifs is 2. The van der Waals surface area contributed by atoms with Crippen molar-refractivity contribution in [2.45, 2.75) is 70.2 Å². The largest absolute Gasteiger partial charge is 0.461 e. The lowest BCUT2D eigenvalue weighted by molar-refractivity contribution is -0.155. The number of cyclic esters (lactones) is 1. The molecule has 2 amide bonds. The fourth-order valence-electron chi connectivity index (χ4n) is 5.88. The average molecular weight is 461 g/mol. The van der Waals surface area contributed by atoms with E-state index in [4.69, 9.17) is 9.47 Å². The number of amides is 2. The second-order valence-corrected chi connectivity index (χ2v) is 9.67. The van der Waals surface area contributed by atoms with E-state index in [1.807, 2.05) is 26.0 Å². The zero-order valence-corrected chi connectivity index (χ0v) is 19.8. The molecule has 0 radical (unpaired) electrons. The number of carbonyl (C=O) groups excluding carboxylic acids is 3. The highest BCUT2D eigenvalue weighted by Crippen LogP contribution is 2.54. The number of carbonyl (C=O) groups is 3. The van der Waals surface area contributed by atoms with Crippen molar-refractivity contribution in [2.75, 3.05) is 26.3 Å². The fourth-order valence-corrected chi connectivity index (χ4v) is 5.88. The molecular formula is C25H36N2O6. The van der Waals surface area contributed by atoms with E-state index in [1.54, 1.807) is 22.0 Å². The minimum atomic E-state index is -1.26. The maximum Gasteiger partial charge on any atom is 0.313 e. The standard InChI is InChI=1S/C25H36N2O6/c1-4-6-7-12-26-13-9-11-25-20(19-18(33-25)10-8-14-32-24(19)31)22(29)27(21(25)23(26)30)17(15-28)16(3)5-2/h8-11,16-21,28H,4-7,12-15H2,1-3H3/t16-,17-,18-,19+,20-,21?,25-/m0/s1. The number of unbranched alkanes of at least 4 members (excludes halogenated alkanes) is 2. The highest BCUT2D eigenvalue weighted by Gasteiger charge is 2.72. The number of ether oxygens (including phenoxy) is 2. The first-order chi connectivity index (χ1) is 15.9. The van der Waals surface area contributed by atoms with Crippen LogP contribution in [0.1, 0.15) is 46.5 Å². The molecule has 4 aliphatic heterocycles. The van der Waals surface area contributed by atoms with Gasteiger partial charge in [-0.15, -0.1) is 0 Å². The monoisotopic (exact) mass is 460 g/mol. The lowest BCUT2D eigenvalue weighted by Gasteiger charge is -2.40. The van der Waals surface area contributed by atoms with Crippen molar-refractivity contribution in [3.8, 4) is 0 Å². The summed E-state index contributed by atoms with van der Waals surface area (Å²) in [5.74, 6) is -2.68. The third-order valence-corrected chi connectivity index (χ3v) is 7.81. The lowest BCUT2D eigenvalue weighted by atomic mass is 9.78. The van der Waals surface area contributed by atoms with Crippen molar-refractivity contribution >= 4 is 17.8 Å². The van der Waals surface area contributed by atoms with Gasteiger partial charge in [-0.3, -0.25) is 14.4 Å². The van der Waals surface area contributed by atoms with E-state index in [1.165, 1.54) is 0 Å². The summed E-state index contributed by atoms with van der Waals surface area (Å²) in [6, 6.07) is -1.46. The quantitative estimate of drug-likeness (QED) is 0.336. The summed E-state index contributed by atoms with van der Waals surface area (Å²) in [4.78, 5) is 44.2. The zero-order chi connectivity index (χ0) is 23.8. The van der Waals surface area contributed by atoms with E-state index >= 15 is 0 Å². The molecule has 0 aromatic rings. The number of likely N-dealkylation sites (tertiary alicyclic amines) is 1. The molecule has 0 aromatic carbocycles. The van der Waals surface area contributed by atoms with Crippen LogP contribution in [0.5, 0.6) is 0 Å². The molecule has 4 rings (SSSR count). The number of nitrogens with zero attached hydrogens (tertiary/aromatic N) is 2. The molecule has 182 valence electrons. The van der Waals surface area contributed by atoms with Gasteiger partial charge in [0.05, 0.1) is 24.7 Å². The van der Waals surface area contributed by atoms with Gasteiger partial charge in [-0.25, -0.2) is 0 Å². The molecule has 4 heterocycles. The van der Waals surface area contributed by atoms with Crippen LogP contribution in [0.2, 0.25) is 0 Å². The van der Waals surface area contributed by atoms with Gasteiger partial charge in [-0.1, -0.05) is 58.3 Å². The minimum Gasteiger partial charge on any atom is -0.461 e. The first-order valence-electron chi connectivity index (χ1n) is 12.3. The normalized spacial score (nSPS) is 35.0. The summed E-state index contributed by atoms with van der Waals surface area (Å²) in [5, 5.41) is 10.3. The number of aliphatic hydroxyl groups is 1. The number of esters is 1. The van der Waals surface area contributed by atoms with E-state index in [-0.39, 0.29) is 30.9 Å². The van der Waals surface area contributed by atoms with Crippen LogP contribution < -0.4 is 0 Å². The molecule has 33 heavy (non-hydrogen) atoms. The van der Waals surface area contributed by atoms with Gasteiger partial charge < -0.3 is 24.4 Å². The lowest BCUT2D eigenvalue weighted by Crippen LogP contribution is -2.59. The first kappa shape index (κ1) is 24.0. The summed E-state index contributed by atoms with van der Waals surface area (Å²) in [5.41, 5.74) is -1.26. The maximum absolute atomic E-state index is 14.0. The molecule has 4 aliphatic rings. The summed E-state index contributed by atoms with van der Waals surface area (Å²) < 4.78 is 11.8. The minimum absolute atomic E-state index is 0.0276. The molecule has 1 N–H and O–H groups in total. The molecule has 1 spiro atoms. The van der Waals surface area contributed by atoms with Crippen LogP contribution in [-0.2, 0) is 23.9 Å². The Kier molecular flexibility index (Phi) is 6.96. The van der Waals surface area contributed by atoms with Crippen molar-refractivity contribution in [1.82, 2.24) is 9.80 Å². The molecule has 0 aromatic heterocycles. The average Bonchev–Trinajstić information content (AvgIpc) is 3.11. The number of rotatable bonds is 8. The van der Waals surface area contributed by atoms with Crippen LogP contribution in [0.4, 0.5) is 0 Å². The molecular weight excluding hydrogens is 424 g/mol. The predicted molar refractivity (Wildman–Crippen MR) is 121 cm³/mol. The molecule has 8 heteroatoms. The Labute approximate surface area is 195 Å². The van der Waals surface area contributed by atoms with Crippen molar-refractivity contribution < 1.29 is 29.0 Å². The van der Waals surface area contributed by atoms with Gasteiger partial charge in [0.2, 0.25) is 11.8 Å². The van der Waals surface area contributed by atoms with Crippen LogP contribution in [0.3, 0.4) is 0 Å². The van der Waals surface area contributed by atoms with Crippen LogP contribution >= 0.6 is 0 Å². The first-order valence-corrected chi connectivity index (χ1v) is 12.3. The SMILES string of the molecule is CCCCCN1CC=C[C@]23O[C@H]4C=CCOC(=O)[C@H]4[C@H]2C(=O)N([C@@H](CO)[C@@H](C)CC)C3C1=O. The Morgan fingerprint density at radius 1 is 1.18 bits per heavy atom. The summed E-state index contributed by atoms with van der Waals surface area (Å²) in [7, 11) is 0. The fraction of sp³-hybridized carbons (Fsp3) is 0.720. The van der Waals surface area contributed by atoms with Crippen LogP contribution in [0.25, 0.3) is 0 Å². The molecule has 0 bridgehead atoms. The molecule has 0 saturated carbocycles. The molecule has 0 aliphatic carbocycles. The van der Waals surface area contributed by atoms with Gasteiger partial charge in [0.25, 0.3) is 0 Å². The van der Waals surface area contributed by atoms with Gasteiger partial charge in [-0.05, 0) is 18.4 Å². The van der Waals surface area contributed by atoms with E-state index in [2.05, 4.69) is 6.92 Å². The molecule has 7 atom stereocenters. The Morgan fingerprint density at radius 2 is 1.97 bits per heavy atom. The topological polar surface area (TPSA) is 96.4 Å². The van der Waals surface area contributed by atoms with Crippen LogP contribution in [0, 0.1) is 17.8 Å². The molecule has 2 saturated heterocycles. The van der Waals surface area contributed by atoms with Crippen molar-refractivity contribution in [2.24, 2.45) is 17.8 Å². The second kappa shape index (κ2) is 9.58. The van der Waals surface area contributed by atoms with Gasteiger partial charge >= 0.3 is 5.97 Å². The van der Waals surface area contributed by atoms with Gasteiger partial charge in [0.1, 0.15) is 24.2 Å². The Bertz CT molecular complexity index is 841. The smallest absolute Gasteiger partial charge is 0.313 e. The summed E-state index contributed by atoms with van der Waals surface area (Å²) in [6.07, 6.45) is 10.3. The van der Waals surface area contributed by atoms with Crippen molar-refractivity contribution in [3.05, 3.63) is 24.3 Å². The third kappa shape index (κ3) is 3.81. The zero-order valence-electron chi connectivity index (χ0n) is 19.8. The van der Waals surface area contributed by atoms with Gasteiger partial charge in [-0.2, -0.15) is 0 Å². The Hall–Kier alpha value is -2.19. The molecule has 2 fully saturated rings. The van der Waals surface area contributed by atoms with Crippen LogP contribution in [-0.4, -0.2) is 82.8 Å². The third-order valence-electron chi connectivity index (χ3n) is 7.81. The van der Waals surface area contributed by atoms with E-state index in [9.17, 15) is 19.5 Å².